The minimum atomic E-state index is -0.388. The lowest BCUT2D eigenvalue weighted by molar-refractivity contribution is -0.136. The zero-order valence-corrected chi connectivity index (χ0v) is 12.5. The van der Waals surface area contributed by atoms with E-state index in [1.807, 2.05) is 23.1 Å². The molecule has 1 heterocycles. The Morgan fingerprint density at radius 2 is 2.05 bits per heavy atom. The molecule has 4 heteroatoms. The molecular formula is C16H25N3O. The van der Waals surface area contributed by atoms with Gasteiger partial charge >= 0.3 is 0 Å². The summed E-state index contributed by atoms with van der Waals surface area (Å²) in [4.78, 5) is 16.6. The molecule has 1 amide bonds. The second kappa shape index (κ2) is 6.86. The lowest BCUT2D eigenvalue weighted by atomic mass is 10.0. The van der Waals surface area contributed by atoms with Crippen molar-refractivity contribution < 1.29 is 4.79 Å². The van der Waals surface area contributed by atoms with E-state index in [1.165, 1.54) is 5.56 Å². The van der Waals surface area contributed by atoms with E-state index in [1.54, 1.807) is 0 Å². The topological polar surface area (TPSA) is 49.6 Å². The number of nitrogens with two attached hydrogens (primary N) is 1. The molecule has 1 aliphatic heterocycles. The van der Waals surface area contributed by atoms with Gasteiger partial charge in [0.15, 0.2) is 0 Å². The molecule has 1 aromatic carbocycles. The quantitative estimate of drug-likeness (QED) is 0.895. The number of likely N-dealkylation sites (N-methyl/N-ethyl adjacent to an activating group) is 1. The molecule has 2 unspecified atom stereocenters. The molecule has 0 saturated carbocycles. The first kappa shape index (κ1) is 15.0. The SMILES string of the molecule is CC1CN(C)CCN1C(=O)C(N)CCc1ccccc1. The van der Waals surface area contributed by atoms with Crippen LogP contribution in [-0.2, 0) is 11.2 Å². The smallest absolute Gasteiger partial charge is 0.239 e. The van der Waals surface area contributed by atoms with E-state index in [-0.39, 0.29) is 18.0 Å². The Bertz CT molecular complexity index is 435. The van der Waals surface area contributed by atoms with E-state index in [4.69, 9.17) is 5.73 Å². The maximum absolute atomic E-state index is 12.4. The summed E-state index contributed by atoms with van der Waals surface area (Å²) in [7, 11) is 2.09. The fourth-order valence-electron chi connectivity index (χ4n) is 2.77. The third-order valence-electron chi connectivity index (χ3n) is 4.02. The Hall–Kier alpha value is -1.39. The Balaban J connectivity index is 1.85. The highest BCUT2D eigenvalue weighted by molar-refractivity contribution is 5.82. The average molecular weight is 275 g/mol. The van der Waals surface area contributed by atoms with Gasteiger partial charge in [0.1, 0.15) is 0 Å². The number of hydrogen-bond acceptors (Lipinski definition) is 3. The summed E-state index contributed by atoms with van der Waals surface area (Å²) in [6, 6.07) is 10.1. The largest absolute Gasteiger partial charge is 0.336 e. The number of piperazine rings is 1. The molecule has 2 rings (SSSR count). The number of carbonyl (C=O) groups excluding carboxylic acids is 1. The van der Waals surface area contributed by atoms with E-state index in [0.717, 1.165) is 26.1 Å². The van der Waals surface area contributed by atoms with Crippen LogP contribution < -0.4 is 5.73 Å². The molecule has 20 heavy (non-hydrogen) atoms. The molecule has 0 bridgehead atoms. The van der Waals surface area contributed by atoms with Crippen LogP contribution in [0.4, 0.5) is 0 Å². The summed E-state index contributed by atoms with van der Waals surface area (Å²) >= 11 is 0. The predicted molar refractivity (Wildman–Crippen MR) is 81.4 cm³/mol. The maximum atomic E-state index is 12.4. The van der Waals surface area contributed by atoms with Crippen LogP contribution >= 0.6 is 0 Å². The molecule has 4 nitrogen and oxygen atoms in total. The van der Waals surface area contributed by atoms with Gasteiger partial charge in [0.2, 0.25) is 5.91 Å². The van der Waals surface area contributed by atoms with E-state index in [2.05, 4.69) is 31.0 Å². The molecule has 0 radical (unpaired) electrons. The van der Waals surface area contributed by atoms with E-state index < -0.39 is 0 Å². The highest BCUT2D eigenvalue weighted by Crippen LogP contribution is 2.12. The van der Waals surface area contributed by atoms with Crippen molar-refractivity contribution in [1.82, 2.24) is 9.80 Å². The lowest BCUT2D eigenvalue weighted by Crippen LogP contribution is -2.56. The van der Waals surface area contributed by atoms with Crippen molar-refractivity contribution in [2.75, 3.05) is 26.7 Å². The third-order valence-corrected chi connectivity index (χ3v) is 4.02. The van der Waals surface area contributed by atoms with Gasteiger partial charge in [-0.2, -0.15) is 0 Å². The summed E-state index contributed by atoms with van der Waals surface area (Å²) in [6.07, 6.45) is 1.57. The number of benzene rings is 1. The second-order valence-corrected chi connectivity index (χ2v) is 5.77. The monoisotopic (exact) mass is 275 g/mol. The molecule has 1 fully saturated rings. The van der Waals surface area contributed by atoms with Crippen LogP contribution in [0, 0.1) is 0 Å². The number of aryl methyl sites for hydroxylation is 1. The Morgan fingerprint density at radius 1 is 1.35 bits per heavy atom. The van der Waals surface area contributed by atoms with Crippen molar-refractivity contribution in [2.24, 2.45) is 5.73 Å². The Labute approximate surface area is 121 Å². The van der Waals surface area contributed by atoms with Crippen LogP contribution in [0.2, 0.25) is 0 Å². The van der Waals surface area contributed by atoms with Gasteiger partial charge in [-0.3, -0.25) is 4.79 Å². The normalized spacial score (nSPS) is 21.8. The fourth-order valence-corrected chi connectivity index (χ4v) is 2.77. The van der Waals surface area contributed by atoms with Crippen molar-refractivity contribution in [1.29, 1.82) is 0 Å². The highest BCUT2D eigenvalue weighted by Gasteiger charge is 2.28. The van der Waals surface area contributed by atoms with Gasteiger partial charge in [-0.1, -0.05) is 30.3 Å². The fraction of sp³-hybridized carbons (Fsp3) is 0.562. The first-order valence-corrected chi connectivity index (χ1v) is 7.36. The van der Waals surface area contributed by atoms with Gasteiger partial charge < -0.3 is 15.5 Å². The minimum absolute atomic E-state index is 0.0986. The summed E-state index contributed by atoms with van der Waals surface area (Å²) < 4.78 is 0. The number of carbonyl (C=O) groups is 1. The molecule has 2 atom stereocenters. The summed E-state index contributed by atoms with van der Waals surface area (Å²) in [5.74, 6) is 0.0986. The predicted octanol–water partition coefficient (Wildman–Crippen LogP) is 1.11. The van der Waals surface area contributed by atoms with Crippen molar-refractivity contribution in [3.8, 4) is 0 Å². The van der Waals surface area contributed by atoms with Gasteiger partial charge in [0.25, 0.3) is 0 Å². The standard InChI is InChI=1S/C16H25N3O/c1-13-12-18(2)10-11-19(13)16(20)15(17)9-8-14-6-4-3-5-7-14/h3-7,13,15H,8-12,17H2,1-2H3. The Kier molecular flexibility index (Phi) is 5.15. The summed E-state index contributed by atoms with van der Waals surface area (Å²) in [6.45, 7) is 4.74. The van der Waals surface area contributed by atoms with Gasteiger partial charge in [-0.05, 0) is 32.4 Å². The first-order valence-electron chi connectivity index (χ1n) is 7.36. The van der Waals surface area contributed by atoms with Crippen LogP contribution in [0.15, 0.2) is 30.3 Å². The van der Waals surface area contributed by atoms with E-state index in [0.29, 0.717) is 6.42 Å². The van der Waals surface area contributed by atoms with Crippen LogP contribution in [0.1, 0.15) is 18.9 Å². The molecule has 0 aromatic heterocycles. The number of hydrogen-bond donors (Lipinski definition) is 1. The van der Waals surface area contributed by atoms with Crippen LogP contribution in [0.5, 0.6) is 0 Å². The molecule has 1 aromatic rings. The van der Waals surface area contributed by atoms with E-state index >= 15 is 0 Å². The zero-order chi connectivity index (χ0) is 14.5. The third kappa shape index (κ3) is 3.81. The summed E-state index contributed by atoms with van der Waals surface area (Å²) in [5.41, 5.74) is 7.33. The van der Waals surface area contributed by atoms with E-state index in [9.17, 15) is 4.79 Å². The maximum Gasteiger partial charge on any atom is 0.239 e. The van der Waals surface area contributed by atoms with Crippen molar-refractivity contribution in [2.45, 2.75) is 31.8 Å². The van der Waals surface area contributed by atoms with Gasteiger partial charge in [0, 0.05) is 25.7 Å². The lowest BCUT2D eigenvalue weighted by Gasteiger charge is -2.39. The van der Waals surface area contributed by atoms with Gasteiger partial charge in [-0.25, -0.2) is 0 Å². The molecule has 110 valence electrons. The van der Waals surface area contributed by atoms with Crippen molar-refractivity contribution >= 4 is 5.91 Å². The second-order valence-electron chi connectivity index (χ2n) is 5.77. The zero-order valence-electron chi connectivity index (χ0n) is 12.5. The van der Waals surface area contributed by atoms with Crippen molar-refractivity contribution in [3.05, 3.63) is 35.9 Å². The van der Waals surface area contributed by atoms with Crippen LogP contribution in [-0.4, -0.2) is 54.5 Å². The first-order chi connectivity index (χ1) is 9.58. The average Bonchev–Trinajstić information content (AvgIpc) is 2.45. The molecule has 1 saturated heterocycles. The van der Waals surface area contributed by atoms with Crippen molar-refractivity contribution in [3.63, 3.8) is 0 Å². The number of rotatable bonds is 4. The van der Waals surface area contributed by atoms with Gasteiger partial charge in [-0.15, -0.1) is 0 Å². The van der Waals surface area contributed by atoms with Gasteiger partial charge in [0.05, 0.1) is 6.04 Å². The molecule has 1 aliphatic rings. The molecular weight excluding hydrogens is 250 g/mol. The number of amides is 1. The molecule has 2 N–H and O–H groups in total. The Morgan fingerprint density at radius 3 is 2.70 bits per heavy atom. The minimum Gasteiger partial charge on any atom is -0.336 e. The highest BCUT2D eigenvalue weighted by atomic mass is 16.2. The van der Waals surface area contributed by atoms with Crippen LogP contribution in [0.3, 0.4) is 0 Å². The van der Waals surface area contributed by atoms with Crippen LogP contribution in [0.25, 0.3) is 0 Å². The molecule has 0 aliphatic carbocycles. The molecule has 0 spiro atoms. The number of nitrogens with zero attached hydrogens (tertiary/aromatic N) is 2. The summed E-state index contributed by atoms with van der Waals surface area (Å²) in [5, 5.41) is 0.